The van der Waals surface area contributed by atoms with E-state index in [9.17, 15) is 0 Å². The van der Waals surface area contributed by atoms with Gasteiger partial charge in [-0.1, -0.05) is 18.2 Å². The van der Waals surface area contributed by atoms with Crippen LogP contribution in [0.3, 0.4) is 0 Å². The van der Waals surface area contributed by atoms with E-state index in [1.165, 1.54) is 11.3 Å². The van der Waals surface area contributed by atoms with Crippen molar-refractivity contribution in [1.29, 1.82) is 0 Å². The van der Waals surface area contributed by atoms with Crippen molar-refractivity contribution in [3.05, 3.63) is 29.8 Å². The number of nitrogens with zero attached hydrogens (tertiary/aromatic N) is 1. The fourth-order valence-electron chi connectivity index (χ4n) is 1.97. The van der Waals surface area contributed by atoms with Crippen LogP contribution in [0.4, 0.5) is 5.69 Å². The smallest absolute Gasteiger partial charge is 0.0668 e. The van der Waals surface area contributed by atoms with Crippen molar-refractivity contribution < 1.29 is 4.74 Å². The highest BCUT2D eigenvalue weighted by molar-refractivity contribution is 5.53. The highest BCUT2D eigenvalue weighted by Gasteiger charge is 2.19. The number of rotatable bonds is 1. The van der Waals surface area contributed by atoms with Crippen LogP contribution in [0.25, 0.3) is 0 Å². The Morgan fingerprint density at radius 3 is 2.86 bits per heavy atom. The summed E-state index contributed by atoms with van der Waals surface area (Å²) in [5, 5.41) is 0. The van der Waals surface area contributed by atoms with Crippen LogP contribution >= 0.6 is 0 Å². The van der Waals surface area contributed by atoms with Crippen LogP contribution in [0.1, 0.15) is 12.5 Å². The highest BCUT2D eigenvalue weighted by atomic mass is 16.5. The van der Waals surface area contributed by atoms with Crippen molar-refractivity contribution in [2.24, 2.45) is 0 Å². The first-order chi connectivity index (χ1) is 6.79. The number of aryl methyl sites for hydroxylation is 1. The summed E-state index contributed by atoms with van der Waals surface area (Å²) in [4.78, 5) is 2.43. The predicted octanol–water partition coefficient (Wildman–Crippen LogP) is 2.22. The number of benzene rings is 1. The van der Waals surface area contributed by atoms with E-state index in [1.807, 2.05) is 0 Å². The molecule has 1 aromatic rings. The van der Waals surface area contributed by atoms with Gasteiger partial charge < -0.3 is 9.64 Å². The number of para-hydroxylation sites is 1. The number of hydrogen-bond acceptors (Lipinski definition) is 2. The molecule has 1 aromatic carbocycles. The van der Waals surface area contributed by atoms with Crippen LogP contribution in [-0.2, 0) is 4.74 Å². The van der Waals surface area contributed by atoms with Gasteiger partial charge in [-0.15, -0.1) is 0 Å². The molecule has 0 N–H and O–H groups in total. The first kappa shape index (κ1) is 9.53. The van der Waals surface area contributed by atoms with E-state index in [2.05, 4.69) is 43.0 Å². The average molecular weight is 191 g/mol. The van der Waals surface area contributed by atoms with Crippen LogP contribution in [0.5, 0.6) is 0 Å². The normalized spacial score (nSPS) is 22.4. The van der Waals surface area contributed by atoms with Gasteiger partial charge in [0.05, 0.1) is 13.2 Å². The maximum absolute atomic E-state index is 5.43. The number of morpholine rings is 1. The van der Waals surface area contributed by atoms with Crippen LogP contribution < -0.4 is 4.90 Å². The fourth-order valence-corrected chi connectivity index (χ4v) is 1.97. The lowest BCUT2D eigenvalue weighted by Gasteiger charge is -2.36. The molecule has 2 heteroatoms. The topological polar surface area (TPSA) is 12.5 Å². The fraction of sp³-hybridized carbons (Fsp3) is 0.500. The molecule has 0 saturated carbocycles. The zero-order valence-electron chi connectivity index (χ0n) is 8.86. The third kappa shape index (κ3) is 1.75. The molecule has 14 heavy (non-hydrogen) atoms. The number of anilines is 1. The van der Waals surface area contributed by atoms with E-state index >= 15 is 0 Å². The predicted molar refractivity (Wildman–Crippen MR) is 58.8 cm³/mol. The van der Waals surface area contributed by atoms with Gasteiger partial charge in [0.1, 0.15) is 0 Å². The minimum Gasteiger partial charge on any atom is -0.377 e. The average Bonchev–Trinajstić information content (AvgIpc) is 2.20. The van der Waals surface area contributed by atoms with Gasteiger partial charge in [-0.3, -0.25) is 0 Å². The van der Waals surface area contributed by atoms with Crippen molar-refractivity contribution in [1.82, 2.24) is 0 Å². The van der Waals surface area contributed by atoms with Crippen molar-refractivity contribution in [2.45, 2.75) is 19.9 Å². The lowest BCUT2D eigenvalue weighted by atomic mass is 10.1. The SMILES string of the molecule is Cc1ccccc1N1CCOCC1C. The summed E-state index contributed by atoms with van der Waals surface area (Å²) < 4.78 is 5.43. The van der Waals surface area contributed by atoms with E-state index in [1.54, 1.807) is 0 Å². The van der Waals surface area contributed by atoms with Gasteiger partial charge in [0, 0.05) is 18.3 Å². The van der Waals surface area contributed by atoms with Crippen molar-refractivity contribution in [2.75, 3.05) is 24.7 Å². The largest absolute Gasteiger partial charge is 0.377 e. The van der Waals surface area contributed by atoms with E-state index < -0.39 is 0 Å². The van der Waals surface area contributed by atoms with E-state index in [4.69, 9.17) is 4.74 Å². The van der Waals surface area contributed by atoms with Gasteiger partial charge >= 0.3 is 0 Å². The Morgan fingerprint density at radius 1 is 1.36 bits per heavy atom. The van der Waals surface area contributed by atoms with E-state index in [0.717, 1.165) is 19.8 Å². The summed E-state index contributed by atoms with van der Waals surface area (Å²) in [5.41, 5.74) is 2.70. The molecule has 1 unspecified atom stereocenters. The standard InChI is InChI=1S/C12H17NO/c1-10-5-3-4-6-12(10)13-7-8-14-9-11(13)2/h3-6,11H,7-9H2,1-2H3. The summed E-state index contributed by atoms with van der Waals surface area (Å²) >= 11 is 0. The van der Waals surface area contributed by atoms with Gasteiger partial charge in [0.25, 0.3) is 0 Å². The molecule has 0 bridgehead atoms. The molecule has 1 aliphatic rings. The molecule has 0 aromatic heterocycles. The molecule has 0 amide bonds. The van der Waals surface area contributed by atoms with E-state index in [-0.39, 0.29) is 0 Å². The quantitative estimate of drug-likeness (QED) is 0.675. The first-order valence-corrected chi connectivity index (χ1v) is 5.19. The molecule has 1 fully saturated rings. The second-order valence-electron chi connectivity index (χ2n) is 3.90. The Kier molecular flexibility index (Phi) is 2.73. The second-order valence-corrected chi connectivity index (χ2v) is 3.90. The summed E-state index contributed by atoms with van der Waals surface area (Å²) in [6.45, 7) is 7.07. The maximum atomic E-state index is 5.43. The van der Waals surface area contributed by atoms with E-state index in [0.29, 0.717) is 6.04 Å². The summed E-state index contributed by atoms with van der Waals surface area (Å²) in [6, 6.07) is 9.04. The third-order valence-electron chi connectivity index (χ3n) is 2.79. The minimum absolute atomic E-state index is 0.491. The van der Waals surface area contributed by atoms with Crippen LogP contribution in [0.2, 0.25) is 0 Å². The molecule has 1 atom stereocenters. The zero-order chi connectivity index (χ0) is 9.97. The number of ether oxygens (including phenoxy) is 1. The molecular weight excluding hydrogens is 174 g/mol. The molecule has 1 aliphatic heterocycles. The zero-order valence-corrected chi connectivity index (χ0v) is 8.86. The summed E-state index contributed by atoms with van der Waals surface area (Å²) in [7, 11) is 0. The summed E-state index contributed by atoms with van der Waals surface area (Å²) in [6.07, 6.45) is 0. The van der Waals surface area contributed by atoms with Gasteiger partial charge in [0.15, 0.2) is 0 Å². The molecule has 2 nitrogen and oxygen atoms in total. The Hall–Kier alpha value is -1.02. The molecule has 76 valence electrons. The summed E-state index contributed by atoms with van der Waals surface area (Å²) in [5.74, 6) is 0. The van der Waals surface area contributed by atoms with Crippen LogP contribution in [0.15, 0.2) is 24.3 Å². The third-order valence-corrected chi connectivity index (χ3v) is 2.79. The maximum Gasteiger partial charge on any atom is 0.0668 e. The minimum atomic E-state index is 0.491. The molecule has 2 rings (SSSR count). The Morgan fingerprint density at radius 2 is 2.14 bits per heavy atom. The lowest BCUT2D eigenvalue weighted by Crippen LogP contribution is -2.44. The molecular formula is C12H17NO. The van der Waals surface area contributed by atoms with Crippen molar-refractivity contribution in [3.8, 4) is 0 Å². The molecule has 1 saturated heterocycles. The lowest BCUT2D eigenvalue weighted by molar-refractivity contribution is 0.0989. The number of hydrogen-bond donors (Lipinski definition) is 0. The molecule has 0 aliphatic carbocycles. The Bertz CT molecular complexity index is 311. The molecule has 0 radical (unpaired) electrons. The van der Waals surface area contributed by atoms with Crippen molar-refractivity contribution >= 4 is 5.69 Å². The van der Waals surface area contributed by atoms with Crippen LogP contribution in [0, 0.1) is 6.92 Å². The van der Waals surface area contributed by atoms with Gasteiger partial charge in [0.2, 0.25) is 0 Å². The Labute approximate surface area is 85.5 Å². The Balaban J connectivity index is 2.25. The highest BCUT2D eigenvalue weighted by Crippen LogP contribution is 2.23. The van der Waals surface area contributed by atoms with Crippen LogP contribution in [-0.4, -0.2) is 25.8 Å². The molecule has 1 heterocycles. The monoisotopic (exact) mass is 191 g/mol. The van der Waals surface area contributed by atoms with Gasteiger partial charge in [-0.25, -0.2) is 0 Å². The van der Waals surface area contributed by atoms with Gasteiger partial charge in [-0.2, -0.15) is 0 Å². The van der Waals surface area contributed by atoms with Crippen molar-refractivity contribution in [3.63, 3.8) is 0 Å². The second kappa shape index (κ2) is 4.01. The van der Waals surface area contributed by atoms with Gasteiger partial charge in [-0.05, 0) is 25.5 Å². The first-order valence-electron chi connectivity index (χ1n) is 5.19. The molecule has 0 spiro atoms.